The fourth-order valence-electron chi connectivity index (χ4n) is 1.71. The van der Waals surface area contributed by atoms with E-state index in [2.05, 4.69) is 10.6 Å². The number of carboxylic acid groups (broad SMARTS) is 1. The minimum Gasteiger partial charge on any atom is -0.481 e. The summed E-state index contributed by atoms with van der Waals surface area (Å²) in [7, 11) is 0. The van der Waals surface area contributed by atoms with E-state index in [0.29, 0.717) is 11.4 Å². The lowest BCUT2D eigenvalue weighted by Crippen LogP contribution is -2.16. The highest BCUT2D eigenvalue weighted by Crippen LogP contribution is 2.25. The van der Waals surface area contributed by atoms with Gasteiger partial charge in [0.2, 0.25) is 5.91 Å². The van der Waals surface area contributed by atoms with Gasteiger partial charge in [-0.25, -0.2) is 0 Å². The van der Waals surface area contributed by atoms with Crippen molar-refractivity contribution >= 4 is 28.9 Å². The molecule has 0 saturated heterocycles. The summed E-state index contributed by atoms with van der Waals surface area (Å²) in [5.41, 5.74) is 2.13. The molecule has 2 aromatic carbocycles. The molecule has 102 valence electrons. The van der Waals surface area contributed by atoms with Crippen LogP contribution in [0.5, 0.6) is 0 Å². The van der Waals surface area contributed by atoms with Gasteiger partial charge >= 0.3 is 5.97 Å². The van der Waals surface area contributed by atoms with Gasteiger partial charge < -0.3 is 15.7 Å². The molecule has 0 spiro atoms. The quantitative estimate of drug-likeness (QED) is 0.730. The molecule has 0 aliphatic carbocycles. The first-order valence-corrected chi connectivity index (χ1v) is 6.08. The van der Waals surface area contributed by atoms with Crippen molar-refractivity contribution in [2.24, 2.45) is 0 Å². The molecule has 20 heavy (non-hydrogen) atoms. The van der Waals surface area contributed by atoms with Crippen molar-refractivity contribution in [2.45, 2.75) is 6.42 Å². The zero-order valence-electron chi connectivity index (χ0n) is 10.7. The van der Waals surface area contributed by atoms with Crippen LogP contribution in [0.15, 0.2) is 54.6 Å². The van der Waals surface area contributed by atoms with Gasteiger partial charge in [-0.3, -0.25) is 9.59 Å². The number of hydrogen-bond donors (Lipinski definition) is 3. The Bertz CT molecular complexity index is 612. The monoisotopic (exact) mass is 270 g/mol. The molecule has 5 heteroatoms. The Morgan fingerprint density at radius 1 is 0.900 bits per heavy atom. The summed E-state index contributed by atoms with van der Waals surface area (Å²) in [5, 5.41) is 14.3. The number of benzene rings is 2. The van der Waals surface area contributed by atoms with Gasteiger partial charge in [0.25, 0.3) is 0 Å². The van der Waals surface area contributed by atoms with E-state index in [1.807, 2.05) is 42.5 Å². The van der Waals surface area contributed by atoms with Crippen molar-refractivity contribution in [3.8, 4) is 0 Å². The maximum Gasteiger partial charge on any atom is 0.312 e. The molecule has 0 aliphatic heterocycles. The van der Waals surface area contributed by atoms with Crippen LogP contribution in [0.4, 0.5) is 17.1 Å². The fourth-order valence-corrected chi connectivity index (χ4v) is 1.71. The number of carboxylic acids is 1. The number of aliphatic carboxylic acids is 1. The molecule has 1 amide bonds. The van der Waals surface area contributed by atoms with Crippen LogP contribution in [-0.2, 0) is 9.59 Å². The molecular formula is C15H14N2O3. The molecule has 5 nitrogen and oxygen atoms in total. The second kappa shape index (κ2) is 6.38. The normalized spacial score (nSPS) is 9.80. The van der Waals surface area contributed by atoms with E-state index in [0.717, 1.165) is 5.69 Å². The van der Waals surface area contributed by atoms with Gasteiger partial charge in [-0.05, 0) is 24.3 Å². The lowest BCUT2D eigenvalue weighted by molar-refractivity contribution is -0.139. The van der Waals surface area contributed by atoms with Gasteiger partial charge in [0.15, 0.2) is 0 Å². The summed E-state index contributed by atoms with van der Waals surface area (Å²) in [6.45, 7) is 0. The van der Waals surface area contributed by atoms with Gasteiger partial charge in [-0.15, -0.1) is 0 Å². The Kier molecular flexibility index (Phi) is 4.34. The van der Waals surface area contributed by atoms with Crippen LogP contribution in [0.1, 0.15) is 6.42 Å². The second-order valence-corrected chi connectivity index (χ2v) is 4.16. The van der Waals surface area contributed by atoms with E-state index in [-0.39, 0.29) is 0 Å². The van der Waals surface area contributed by atoms with Crippen molar-refractivity contribution in [3.63, 3.8) is 0 Å². The third kappa shape index (κ3) is 3.84. The summed E-state index contributed by atoms with van der Waals surface area (Å²) in [6, 6.07) is 16.6. The lowest BCUT2D eigenvalue weighted by atomic mass is 10.2. The largest absolute Gasteiger partial charge is 0.481 e. The van der Waals surface area contributed by atoms with Gasteiger partial charge in [0.05, 0.1) is 11.4 Å². The van der Waals surface area contributed by atoms with Crippen LogP contribution in [0, 0.1) is 0 Å². The van der Waals surface area contributed by atoms with Gasteiger partial charge in [-0.2, -0.15) is 0 Å². The first-order chi connectivity index (χ1) is 9.65. The molecule has 0 fully saturated rings. The molecule has 0 aliphatic rings. The predicted octanol–water partition coefficient (Wildman–Crippen LogP) is 2.84. The van der Waals surface area contributed by atoms with E-state index in [1.54, 1.807) is 12.1 Å². The molecule has 3 N–H and O–H groups in total. The lowest BCUT2D eigenvalue weighted by Gasteiger charge is -2.12. The summed E-state index contributed by atoms with van der Waals surface area (Å²) in [4.78, 5) is 22.0. The Morgan fingerprint density at radius 2 is 1.50 bits per heavy atom. The maximum absolute atomic E-state index is 11.5. The molecule has 0 atom stereocenters. The predicted molar refractivity (Wildman–Crippen MR) is 77.0 cm³/mol. The first-order valence-electron chi connectivity index (χ1n) is 6.08. The Labute approximate surface area is 116 Å². The number of carbonyl (C=O) groups excluding carboxylic acids is 1. The number of amides is 1. The Balaban J connectivity index is 2.14. The molecular weight excluding hydrogens is 256 g/mol. The van der Waals surface area contributed by atoms with E-state index >= 15 is 0 Å². The average molecular weight is 270 g/mol. The minimum absolute atomic E-state index is 0.544. The highest BCUT2D eigenvalue weighted by atomic mass is 16.4. The van der Waals surface area contributed by atoms with Crippen molar-refractivity contribution in [1.82, 2.24) is 0 Å². The summed E-state index contributed by atoms with van der Waals surface area (Å²) >= 11 is 0. The summed E-state index contributed by atoms with van der Waals surface area (Å²) in [5.74, 6) is -1.71. The molecule has 0 aromatic heterocycles. The minimum atomic E-state index is -1.16. The highest BCUT2D eigenvalue weighted by Gasteiger charge is 2.10. The topological polar surface area (TPSA) is 78.4 Å². The number of rotatable bonds is 5. The van der Waals surface area contributed by atoms with Gasteiger partial charge in [0.1, 0.15) is 6.42 Å². The molecule has 2 aromatic rings. The van der Waals surface area contributed by atoms with E-state index in [4.69, 9.17) is 5.11 Å². The molecule has 0 heterocycles. The third-order valence-corrected chi connectivity index (χ3v) is 2.57. The third-order valence-electron chi connectivity index (χ3n) is 2.57. The highest BCUT2D eigenvalue weighted by molar-refractivity contribution is 6.03. The number of carbonyl (C=O) groups is 2. The van der Waals surface area contributed by atoms with Gasteiger partial charge in [0, 0.05) is 5.69 Å². The summed E-state index contributed by atoms with van der Waals surface area (Å²) < 4.78 is 0. The van der Waals surface area contributed by atoms with Crippen molar-refractivity contribution in [1.29, 1.82) is 0 Å². The number of hydrogen-bond acceptors (Lipinski definition) is 3. The van der Waals surface area contributed by atoms with E-state index < -0.39 is 18.3 Å². The second-order valence-electron chi connectivity index (χ2n) is 4.16. The molecule has 0 saturated carbocycles. The Hall–Kier alpha value is -2.82. The zero-order chi connectivity index (χ0) is 14.4. The van der Waals surface area contributed by atoms with Crippen molar-refractivity contribution in [3.05, 3.63) is 54.6 Å². The van der Waals surface area contributed by atoms with Crippen LogP contribution >= 0.6 is 0 Å². The van der Waals surface area contributed by atoms with E-state index in [1.165, 1.54) is 0 Å². The van der Waals surface area contributed by atoms with Crippen LogP contribution in [0.3, 0.4) is 0 Å². The number of para-hydroxylation sites is 3. The van der Waals surface area contributed by atoms with E-state index in [9.17, 15) is 9.59 Å². The Morgan fingerprint density at radius 3 is 2.15 bits per heavy atom. The number of anilines is 3. The van der Waals surface area contributed by atoms with Crippen LogP contribution in [0.25, 0.3) is 0 Å². The standard InChI is InChI=1S/C15H14N2O3/c18-14(10-15(19)20)17-13-9-5-4-8-12(13)16-11-6-2-1-3-7-11/h1-9,16H,10H2,(H,17,18)(H,19,20). The van der Waals surface area contributed by atoms with Crippen LogP contribution in [0.2, 0.25) is 0 Å². The van der Waals surface area contributed by atoms with Crippen LogP contribution < -0.4 is 10.6 Å². The molecule has 0 bridgehead atoms. The average Bonchev–Trinajstić information content (AvgIpc) is 2.41. The van der Waals surface area contributed by atoms with Gasteiger partial charge in [-0.1, -0.05) is 30.3 Å². The SMILES string of the molecule is O=C(O)CC(=O)Nc1ccccc1Nc1ccccc1. The van der Waals surface area contributed by atoms with Crippen molar-refractivity contribution in [2.75, 3.05) is 10.6 Å². The maximum atomic E-state index is 11.5. The molecule has 2 rings (SSSR count). The fraction of sp³-hybridized carbons (Fsp3) is 0.0667. The van der Waals surface area contributed by atoms with Crippen LogP contribution in [-0.4, -0.2) is 17.0 Å². The smallest absolute Gasteiger partial charge is 0.312 e. The molecule has 0 unspecified atom stereocenters. The zero-order valence-corrected chi connectivity index (χ0v) is 10.7. The summed E-state index contributed by atoms with van der Waals surface area (Å²) in [6.07, 6.45) is -0.556. The number of nitrogens with one attached hydrogen (secondary N) is 2. The van der Waals surface area contributed by atoms with Crippen molar-refractivity contribution < 1.29 is 14.7 Å². The molecule has 0 radical (unpaired) electrons. The first kappa shape index (κ1) is 13.6.